The van der Waals surface area contributed by atoms with Gasteiger partial charge in [-0.1, -0.05) is 0 Å². The molecule has 0 rings (SSSR count). The van der Waals surface area contributed by atoms with Crippen LogP contribution in [0, 0.1) is 0 Å². The lowest BCUT2D eigenvalue weighted by Gasteiger charge is -2.27. The van der Waals surface area contributed by atoms with E-state index in [2.05, 4.69) is 0 Å². The second kappa shape index (κ2) is 12.1. The van der Waals surface area contributed by atoms with Crippen molar-refractivity contribution in [2.75, 3.05) is 46.1 Å². The van der Waals surface area contributed by atoms with Crippen molar-refractivity contribution in [1.29, 1.82) is 0 Å². The third-order valence-corrected chi connectivity index (χ3v) is 2.77. The van der Waals surface area contributed by atoms with Crippen molar-refractivity contribution in [1.82, 2.24) is 4.90 Å². The summed E-state index contributed by atoms with van der Waals surface area (Å²) in [6.07, 6.45) is -0.301. The van der Waals surface area contributed by atoms with Crippen LogP contribution in [0.5, 0.6) is 0 Å². The van der Waals surface area contributed by atoms with E-state index in [1.54, 1.807) is 20.8 Å². The van der Waals surface area contributed by atoms with E-state index < -0.39 is 17.3 Å². The minimum Gasteiger partial charge on any atom is -0.460 e. The molecule has 0 aromatic heterocycles. The number of carbonyl (C=O) groups excluding carboxylic acids is 2. The van der Waals surface area contributed by atoms with Crippen LogP contribution < -0.4 is 0 Å². The third-order valence-electron chi connectivity index (χ3n) is 2.77. The first kappa shape index (κ1) is 24.6. The predicted molar refractivity (Wildman–Crippen MR) is 97.0 cm³/mol. The van der Waals surface area contributed by atoms with Crippen LogP contribution in [0.25, 0.3) is 0 Å². The smallest absolute Gasteiger partial charge is 0.410 e. The van der Waals surface area contributed by atoms with Gasteiger partial charge in [0.15, 0.2) is 0 Å². The van der Waals surface area contributed by atoms with Crippen LogP contribution in [0.3, 0.4) is 0 Å². The van der Waals surface area contributed by atoms with E-state index in [-0.39, 0.29) is 45.4 Å². The molecule has 0 aromatic rings. The molecule has 8 nitrogen and oxygen atoms in total. The van der Waals surface area contributed by atoms with Gasteiger partial charge in [0, 0.05) is 13.1 Å². The number of amides is 1. The highest BCUT2D eigenvalue weighted by atomic mass is 16.6. The zero-order valence-electron chi connectivity index (χ0n) is 17.0. The van der Waals surface area contributed by atoms with E-state index in [1.807, 2.05) is 20.8 Å². The van der Waals surface area contributed by atoms with E-state index in [9.17, 15) is 9.59 Å². The Morgan fingerprint density at radius 3 is 1.77 bits per heavy atom. The maximum Gasteiger partial charge on any atom is 0.410 e. The zero-order chi connectivity index (χ0) is 20.2. The number of rotatable bonds is 11. The van der Waals surface area contributed by atoms with Crippen molar-refractivity contribution in [2.45, 2.75) is 59.2 Å². The molecule has 0 saturated carbocycles. The Morgan fingerprint density at radius 1 is 0.808 bits per heavy atom. The van der Waals surface area contributed by atoms with Crippen LogP contribution in [-0.4, -0.2) is 79.4 Å². The van der Waals surface area contributed by atoms with Gasteiger partial charge >= 0.3 is 12.1 Å². The van der Waals surface area contributed by atoms with Crippen LogP contribution in [0.1, 0.15) is 48.0 Å². The average molecular weight is 377 g/mol. The normalized spacial score (nSPS) is 12.0. The number of nitrogens with zero attached hydrogens (tertiary/aromatic N) is 1. The lowest BCUT2D eigenvalue weighted by Crippen LogP contribution is -2.40. The SMILES string of the molecule is CC(C)(C)OC(=O)CCOCCN(CCOCCO)C(=O)OC(C)(C)C. The molecular weight excluding hydrogens is 342 g/mol. The first-order valence-electron chi connectivity index (χ1n) is 8.91. The first-order valence-corrected chi connectivity index (χ1v) is 8.91. The fourth-order valence-electron chi connectivity index (χ4n) is 1.79. The molecule has 8 heteroatoms. The van der Waals surface area contributed by atoms with Crippen molar-refractivity contribution >= 4 is 12.1 Å². The quantitative estimate of drug-likeness (QED) is 0.434. The molecule has 0 spiro atoms. The summed E-state index contributed by atoms with van der Waals surface area (Å²) in [7, 11) is 0. The van der Waals surface area contributed by atoms with Gasteiger partial charge in [-0.3, -0.25) is 4.79 Å². The standard InChI is InChI=1S/C18H35NO7/c1-17(2,3)25-15(21)7-11-23-12-8-19(9-13-24-14-10-20)16(22)26-18(4,5)6/h20H,7-14H2,1-6H3. The lowest BCUT2D eigenvalue weighted by molar-refractivity contribution is -0.156. The van der Waals surface area contributed by atoms with Gasteiger partial charge in [-0.2, -0.15) is 0 Å². The summed E-state index contributed by atoms with van der Waals surface area (Å²) >= 11 is 0. The predicted octanol–water partition coefficient (Wildman–Crippen LogP) is 1.98. The Bertz CT molecular complexity index is 413. The summed E-state index contributed by atoms with van der Waals surface area (Å²) in [5, 5.41) is 8.72. The summed E-state index contributed by atoms with van der Waals surface area (Å²) in [5.74, 6) is -0.320. The van der Waals surface area contributed by atoms with Crippen LogP contribution in [-0.2, 0) is 23.7 Å². The number of esters is 1. The molecular formula is C18H35NO7. The molecule has 0 aliphatic rings. The Balaban J connectivity index is 4.24. The van der Waals surface area contributed by atoms with Crippen molar-refractivity contribution in [3.8, 4) is 0 Å². The molecule has 0 radical (unpaired) electrons. The highest BCUT2D eigenvalue weighted by Crippen LogP contribution is 2.10. The van der Waals surface area contributed by atoms with Gasteiger partial charge in [-0.05, 0) is 41.5 Å². The molecule has 26 heavy (non-hydrogen) atoms. The van der Waals surface area contributed by atoms with E-state index >= 15 is 0 Å². The topological polar surface area (TPSA) is 94.5 Å². The van der Waals surface area contributed by atoms with Crippen LogP contribution in [0.15, 0.2) is 0 Å². The molecule has 0 fully saturated rings. The van der Waals surface area contributed by atoms with Crippen molar-refractivity contribution in [3.05, 3.63) is 0 Å². The molecule has 0 unspecified atom stereocenters. The lowest BCUT2D eigenvalue weighted by atomic mass is 10.2. The second-order valence-electron chi connectivity index (χ2n) is 7.75. The van der Waals surface area contributed by atoms with E-state index in [0.29, 0.717) is 13.1 Å². The van der Waals surface area contributed by atoms with Crippen molar-refractivity contribution in [2.24, 2.45) is 0 Å². The number of carbonyl (C=O) groups is 2. The largest absolute Gasteiger partial charge is 0.460 e. The molecule has 0 atom stereocenters. The number of aliphatic hydroxyl groups excluding tert-OH is 1. The molecule has 154 valence electrons. The van der Waals surface area contributed by atoms with Gasteiger partial charge < -0.3 is 29.0 Å². The second-order valence-corrected chi connectivity index (χ2v) is 7.75. The van der Waals surface area contributed by atoms with Crippen molar-refractivity contribution < 1.29 is 33.6 Å². The molecule has 1 amide bonds. The van der Waals surface area contributed by atoms with Gasteiger partial charge in [-0.25, -0.2) is 4.79 Å². The van der Waals surface area contributed by atoms with Crippen molar-refractivity contribution in [3.63, 3.8) is 0 Å². The number of ether oxygens (including phenoxy) is 4. The number of aliphatic hydroxyl groups is 1. The van der Waals surface area contributed by atoms with Crippen LogP contribution >= 0.6 is 0 Å². The first-order chi connectivity index (χ1) is 11.9. The number of hydrogen-bond acceptors (Lipinski definition) is 7. The Kier molecular flexibility index (Phi) is 11.4. The van der Waals surface area contributed by atoms with Crippen LogP contribution in [0.4, 0.5) is 4.79 Å². The summed E-state index contributed by atoms with van der Waals surface area (Å²) in [6, 6.07) is 0. The zero-order valence-corrected chi connectivity index (χ0v) is 17.0. The fourth-order valence-corrected chi connectivity index (χ4v) is 1.79. The molecule has 0 aliphatic heterocycles. The average Bonchev–Trinajstić information content (AvgIpc) is 2.45. The molecule has 1 N–H and O–H groups in total. The Labute approximate surface area is 156 Å². The minimum absolute atomic E-state index is 0.0692. The minimum atomic E-state index is -0.598. The third kappa shape index (κ3) is 14.9. The molecule has 0 aliphatic carbocycles. The highest BCUT2D eigenvalue weighted by molar-refractivity contribution is 5.70. The fraction of sp³-hybridized carbons (Fsp3) is 0.889. The Morgan fingerprint density at radius 2 is 1.31 bits per heavy atom. The van der Waals surface area contributed by atoms with Gasteiger partial charge in [0.05, 0.1) is 39.5 Å². The molecule has 0 aromatic carbocycles. The van der Waals surface area contributed by atoms with E-state index in [0.717, 1.165) is 0 Å². The highest BCUT2D eigenvalue weighted by Gasteiger charge is 2.22. The summed E-state index contributed by atoms with van der Waals surface area (Å²) in [5.41, 5.74) is -1.11. The molecule has 0 bridgehead atoms. The van der Waals surface area contributed by atoms with E-state index in [4.69, 9.17) is 24.1 Å². The number of hydrogen-bond donors (Lipinski definition) is 1. The summed E-state index contributed by atoms with van der Waals surface area (Å²) in [6.45, 7) is 12.4. The summed E-state index contributed by atoms with van der Waals surface area (Å²) < 4.78 is 21.2. The molecule has 0 saturated heterocycles. The van der Waals surface area contributed by atoms with Gasteiger partial charge in [0.25, 0.3) is 0 Å². The Hall–Kier alpha value is -1.38. The van der Waals surface area contributed by atoms with Gasteiger partial charge in [-0.15, -0.1) is 0 Å². The van der Waals surface area contributed by atoms with Crippen LogP contribution in [0.2, 0.25) is 0 Å². The maximum absolute atomic E-state index is 12.2. The van der Waals surface area contributed by atoms with Gasteiger partial charge in [0.2, 0.25) is 0 Å². The molecule has 0 heterocycles. The van der Waals surface area contributed by atoms with Gasteiger partial charge in [0.1, 0.15) is 11.2 Å². The monoisotopic (exact) mass is 377 g/mol. The summed E-state index contributed by atoms with van der Waals surface area (Å²) in [4.78, 5) is 25.3. The maximum atomic E-state index is 12.2. The van der Waals surface area contributed by atoms with E-state index in [1.165, 1.54) is 4.90 Å².